The zero-order valence-corrected chi connectivity index (χ0v) is 19.5. The largest absolute Gasteiger partial charge is 0.465 e. The van der Waals surface area contributed by atoms with Crippen LogP contribution < -0.4 is 15.8 Å². The van der Waals surface area contributed by atoms with Crippen molar-refractivity contribution in [3.63, 3.8) is 0 Å². The van der Waals surface area contributed by atoms with Crippen LogP contribution in [0.2, 0.25) is 0 Å². The first-order valence-electron chi connectivity index (χ1n) is 11.9. The summed E-state index contributed by atoms with van der Waals surface area (Å²) in [6.45, 7) is 4.03. The normalized spacial score (nSPS) is 20.6. The predicted octanol–water partition coefficient (Wildman–Crippen LogP) is 3.34. The predicted molar refractivity (Wildman–Crippen MR) is 128 cm³/mol. The molecule has 1 saturated heterocycles. The van der Waals surface area contributed by atoms with E-state index in [-0.39, 0.29) is 25.0 Å². The molecule has 0 spiro atoms. The first kappa shape index (κ1) is 24.0. The summed E-state index contributed by atoms with van der Waals surface area (Å²) in [7, 11) is 0. The number of likely N-dealkylation sites (tertiary alicyclic amines) is 1. The van der Waals surface area contributed by atoms with Gasteiger partial charge >= 0.3 is 6.09 Å². The molecule has 2 aromatic rings. The highest BCUT2D eigenvalue weighted by Gasteiger charge is 2.42. The standard InChI is InChI=1S/C26H33N3O5/c1-2-33-13-7-12-26(17-28-24(30)18-14-19(27)16-29(15-18)25(31)32)20-8-3-5-10-22(20)34-23-11-6-4-9-21(23)26/h3-6,8-11,18-19H,2,7,12-17,27H2,1H3,(H,28,30)(H,31,32)/t18-,19+/m1/s1. The van der Waals surface area contributed by atoms with Gasteiger partial charge in [-0.05, 0) is 38.3 Å². The third-order valence-corrected chi connectivity index (χ3v) is 6.81. The number of hydrogen-bond acceptors (Lipinski definition) is 5. The molecular formula is C26H33N3O5. The highest BCUT2D eigenvalue weighted by molar-refractivity contribution is 5.80. The van der Waals surface area contributed by atoms with E-state index in [1.54, 1.807) is 0 Å². The molecule has 2 atom stereocenters. The lowest BCUT2D eigenvalue weighted by Crippen LogP contribution is -2.54. The molecule has 2 heterocycles. The number of carbonyl (C=O) groups is 2. The van der Waals surface area contributed by atoms with E-state index in [1.165, 1.54) is 4.90 Å². The summed E-state index contributed by atoms with van der Waals surface area (Å²) in [6.07, 6.45) is 0.986. The summed E-state index contributed by atoms with van der Waals surface area (Å²) in [5, 5.41) is 12.6. The van der Waals surface area contributed by atoms with Crippen LogP contribution in [0.5, 0.6) is 11.5 Å². The Kier molecular flexibility index (Phi) is 7.38. The minimum Gasteiger partial charge on any atom is -0.465 e. The topological polar surface area (TPSA) is 114 Å². The van der Waals surface area contributed by atoms with E-state index in [2.05, 4.69) is 17.4 Å². The van der Waals surface area contributed by atoms with Gasteiger partial charge in [-0.15, -0.1) is 0 Å². The molecule has 8 nitrogen and oxygen atoms in total. The van der Waals surface area contributed by atoms with Crippen LogP contribution in [0, 0.1) is 5.92 Å². The molecule has 0 aliphatic carbocycles. The van der Waals surface area contributed by atoms with E-state index in [0.29, 0.717) is 26.2 Å². The maximum Gasteiger partial charge on any atom is 0.407 e. The first-order valence-corrected chi connectivity index (χ1v) is 11.9. The van der Waals surface area contributed by atoms with Crippen molar-refractivity contribution < 1.29 is 24.2 Å². The van der Waals surface area contributed by atoms with Crippen molar-refractivity contribution in [2.45, 2.75) is 37.6 Å². The average Bonchev–Trinajstić information content (AvgIpc) is 2.84. The fraction of sp³-hybridized carbons (Fsp3) is 0.462. The number of nitrogens with one attached hydrogen (secondary N) is 1. The van der Waals surface area contributed by atoms with E-state index in [9.17, 15) is 14.7 Å². The fourth-order valence-corrected chi connectivity index (χ4v) is 5.20. The molecule has 2 aliphatic heterocycles. The van der Waals surface area contributed by atoms with Gasteiger partial charge in [0.05, 0.1) is 5.92 Å². The molecule has 4 rings (SSSR count). The average molecular weight is 468 g/mol. The van der Waals surface area contributed by atoms with Gasteiger partial charge in [-0.25, -0.2) is 4.79 Å². The number of carboxylic acid groups (broad SMARTS) is 1. The van der Waals surface area contributed by atoms with Crippen LogP contribution in [0.15, 0.2) is 48.5 Å². The number of ether oxygens (including phenoxy) is 2. The number of nitrogens with zero attached hydrogens (tertiary/aromatic N) is 1. The molecule has 0 aromatic heterocycles. The minimum atomic E-state index is -1.05. The van der Waals surface area contributed by atoms with Crippen LogP contribution in [0.4, 0.5) is 4.79 Å². The molecule has 182 valence electrons. The Bertz CT molecular complexity index is 982. The Morgan fingerprint density at radius 3 is 2.41 bits per heavy atom. The van der Waals surface area contributed by atoms with E-state index >= 15 is 0 Å². The van der Waals surface area contributed by atoms with Crippen molar-refractivity contribution in [3.05, 3.63) is 59.7 Å². The molecular weight excluding hydrogens is 434 g/mol. The van der Waals surface area contributed by atoms with Crippen molar-refractivity contribution in [1.82, 2.24) is 10.2 Å². The molecule has 0 bridgehead atoms. The Hall–Kier alpha value is -3.10. The van der Waals surface area contributed by atoms with Gasteiger partial charge in [0.2, 0.25) is 5.91 Å². The monoisotopic (exact) mass is 467 g/mol. The quantitative estimate of drug-likeness (QED) is 0.513. The Labute approximate surface area is 200 Å². The van der Waals surface area contributed by atoms with Crippen molar-refractivity contribution in [2.75, 3.05) is 32.8 Å². The van der Waals surface area contributed by atoms with Gasteiger partial charge in [0, 0.05) is 55.4 Å². The zero-order chi connectivity index (χ0) is 24.1. The van der Waals surface area contributed by atoms with Crippen LogP contribution in [0.1, 0.15) is 37.3 Å². The lowest BCUT2D eigenvalue weighted by atomic mass is 9.69. The van der Waals surface area contributed by atoms with Crippen LogP contribution in [-0.2, 0) is 14.9 Å². The summed E-state index contributed by atoms with van der Waals surface area (Å²) < 4.78 is 11.8. The summed E-state index contributed by atoms with van der Waals surface area (Å²) in [6, 6.07) is 15.5. The van der Waals surface area contributed by atoms with Crippen molar-refractivity contribution in [3.8, 4) is 11.5 Å². The molecule has 2 aliphatic rings. The molecule has 1 fully saturated rings. The van der Waals surface area contributed by atoms with E-state index in [0.717, 1.165) is 35.5 Å². The number of piperidine rings is 1. The van der Waals surface area contributed by atoms with E-state index in [4.69, 9.17) is 15.2 Å². The highest BCUT2D eigenvalue weighted by Crippen LogP contribution is 2.50. The van der Waals surface area contributed by atoms with Gasteiger partial charge in [-0.3, -0.25) is 4.79 Å². The Morgan fingerprint density at radius 2 is 1.79 bits per heavy atom. The minimum absolute atomic E-state index is 0.155. The summed E-state index contributed by atoms with van der Waals surface area (Å²) in [4.78, 5) is 26.0. The third kappa shape index (κ3) is 4.88. The molecule has 0 saturated carbocycles. The number of rotatable bonds is 8. The lowest BCUT2D eigenvalue weighted by molar-refractivity contribution is -0.126. The smallest absolute Gasteiger partial charge is 0.407 e. The number of benzene rings is 2. The van der Waals surface area contributed by atoms with Crippen molar-refractivity contribution >= 4 is 12.0 Å². The number of carbonyl (C=O) groups excluding carboxylic acids is 1. The van der Waals surface area contributed by atoms with Gasteiger partial charge in [0.25, 0.3) is 0 Å². The molecule has 0 unspecified atom stereocenters. The van der Waals surface area contributed by atoms with Crippen LogP contribution in [0.3, 0.4) is 0 Å². The van der Waals surface area contributed by atoms with Gasteiger partial charge < -0.3 is 30.5 Å². The Balaban J connectivity index is 1.62. The number of fused-ring (bicyclic) bond motifs is 2. The Morgan fingerprint density at radius 1 is 1.15 bits per heavy atom. The van der Waals surface area contributed by atoms with Gasteiger partial charge in [0.15, 0.2) is 0 Å². The van der Waals surface area contributed by atoms with Gasteiger partial charge in [-0.2, -0.15) is 0 Å². The summed E-state index contributed by atoms with van der Waals surface area (Å²) >= 11 is 0. The van der Waals surface area contributed by atoms with E-state index < -0.39 is 17.4 Å². The molecule has 0 radical (unpaired) electrons. The molecule has 2 amide bonds. The number of nitrogens with two attached hydrogens (primary N) is 1. The fourth-order valence-electron chi connectivity index (χ4n) is 5.20. The maximum atomic E-state index is 13.3. The zero-order valence-electron chi connectivity index (χ0n) is 19.5. The van der Waals surface area contributed by atoms with Crippen LogP contribution in [0.25, 0.3) is 0 Å². The molecule has 8 heteroatoms. The van der Waals surface area contributed by atoms with Gasteiger partial charge in [0.1, 0.15) is 11.5 Å². The second-order valence-corrected chi connectivity index (χ2v) is 9.08. The summed E-state index contributed by atoms with van der Waals surface area (Å²) in [5.41, 5.74) is 7.61. The number of hydrogen-bond donors (Lipinski definition) is 3. The number of amides is 2. The van der Waals surface area contributed by atoms with Gasteiger partial charge in [-0.1, -0.05) is 36.4 Å². The molecule has 34 heavy (non-hydrogen) atoms. The van der Waals surface area contributed by atoms with Crippen molar-refractivity contribution in [1.29, 1.82) is 0 Å². The van der Waals surface area contributed by atoms with Crippen LogP contribution >= 0.6 is 0 Å². The summed E-state index contributed by atoms with van der Waals surface area (Å²) in [5.74, 6) is 0.907. The second-order valence-electron chi connectivity index (χ2n) is 9.08. The van der Waals surface area contributed by atoms with E-state index in [1.807, 2.05) is 43.3 Å². The SMILES string of the molecule is CCOCCCC1(CNC(=O)[C@@H]2C[C@H](N)CN(C(=O)O)C2)c2ccccc2Oc2ccccc21. The third-order valence-electron chi connectivity index (χ3n) is 6.81. The molecule has 4 N–H and O–H groups in total. The maximum absolute atomic E-state index is 13.3. The lowest BCUT2D eigenvalue weighted by Gasteiger charge is -2.41. The first-order chi connectivity index (χ1) is 16.4. The highest BCUT2D eigenvalue weighted by atomic mass is 16.5. The second kappa shape index (κ2) is 10.4. The van der Waals surface area contributed by atoms with Crippen LogP contribution in [-0.4, -0.2) is 60.9 Å². The van der Waals surface area contributed by atoms with Crippen molar-refractivity contribution in [2.24, 2.45) is 11.7 Å². The number of para-hydroxylation sites is 2. The molecule has 2 aromatic carbocycles.